The molecular formula is C11H9N3O. The largest absolute Gasteiger partial charge is 0.480 e. The minimum Gasteiger partial charge on any atom is -0.480 e. The first kappa shape index (κ1) is 9.28. The average Bonchev–Trinajstić information content (AvgIpc) is 2.78. The van der Waals surface area contributed by atoms with Crippen LogP contribution in [0.1, 0.15) is 5.56 Å². The number of hydrogen-bond donors (Lipinski definition) is 0. The molecule has 0 spiro atoms. The van der Waals surface area contributed by atoms with Crippen molar-refractivity contribution < 1.29 is 4.74 Å². The maximum atomic E-state index is 8.65. The fourth-order valence-electron chi connectivity index (χ4n) is 1.25. The van der Waals surface area contributed by atoms with Gasteiger partial charge in [-0.3, -0.25) is 0 Å². The van der Waals surface area contributed by atoms with Crippen molar-refractivity contribution in [2.45, 2.75) is 0 Å². The van der Waals surface area contributed by atoms with Gasteiger partial charge in [0.2, 0.25) is 5.88 Å². The topological polar surface area (TPSA) is 50.8 Å². The van der Waals surface area contributed by atoms with Crippen molar-refractivity contribution in [1.29, 1.82) is 5.26 Å². The predicted molar refractivity (Wildman–Crippen MR) is 54.8 cm³/mol. The first-order valence-corrected chi connectivity index (χ1v) is 4.43. The van der Waals surface area contributed by atoms with E-state index in [1.54, 1.807) is 36.2 Å². The molecule has 1 heterocycles. The van der Waals surface area contributed by atoms with Crippen LogP contribution < -0.4 is 4.74 Å². The lowest BCUT2D eigenvalue weighted by atomic mass is 10.2. The Morgan fingerprint density at radius 1 is 1.27 bits per heavy atom. The second-order valence-corrected chi connectivity index (χ2v) is 2.96. The predicted octanol–water partition coefficient (Wildman–Crippen LogP) is 1.75. The van der Waals surface area contributed by atoms with Gasteiger partial charge in [0.1, 0.15) is 0 Å². The van der Waals surface area contributed by atoms with E-state index in [2.05, 4.69) is 11.2 Å². The first-order valence-electron chi connectivity index (χ1n) is 4.43. The van der Waals surface area contributed by atoms with Crippen molar-refractivity contribution >= 4 is 0 Å². The van der Waals surface area contributed by atoms with Gasteiger partial charge in [-0.2, -0.15) is 5.26 Å². The summed E-state index contributed by atoms with van der Waals surface area (Å²) in [4.78, 5) is 0. The van der Waals surface area contributed by atoms with E-state index in [0.29, 0.717) is 11.4 Å². The second-order valence-electron chi connectivity index (χ2n) is 2.96. The number of benzene rings is 1. The van der Waals surface area contributed by atoms with Crippen LogP contribution in [0, 0.1) is 11.3 Å². The highest BCUT2D eigenvalue weighted by atomic mass is 16.5. The van der Waals surface area contributed by atoms with Crippen LogP contribution in [0.3, 0.4) is 0 Å². The molecule has 0 radical (unpaired) electrons. The summed E-state index contributed by atoms with van der Waals surface area (Å²) >= 11 is 0. The zero-order valence-corrected chi connectivity index (χ0v) is 8.21. The van der Waals surface area contributed by atoms with Crippen LogP contribution in [0.4, 0.5) is 0 Å². The highest BCUT2D eigenvalue weighted by Gasteiger charge is 2.00. The number of rotatable bonds is 2. The molecule has 0 aliphatic rings. The van der Waals surface area contributed by atoms with Gasteiger partial charge in [-0.15, -0.1) is 5.10 Å². The highest BCUT2D eigenvalue weighted by molar-refractivity contribution is 5.39. The summed E-state index contributed by atoms with van der Waals surface area (Å²) in [5, 5.41) is 12.8. The Balaban J connectivity index is 2.33. The number of ether oxygens (including phenoxy) is 1. The van der Waals surface area contributed by atoms with Gasteiger partial charge in [-0.1, -0.05) is 0 Å². The van der Waals surface area contributed by atoms with Crippen molar-refractivity contribution in [3.63, 3.8) is 0 Å². The second kappa shape index (κ2) is 3.84. The van der Waals surface area contributed by atoms with Gasteiger partial charge in [0.15, 0.2) is 0 Å². The Kier molecular flexibility index (Phi) is 2.38. The normalized spacial score (nSPS) is 9.60. The molecule has 0 aliphatic heterocycles. The lowest BCUT2D eigenvalue weighted by Crippen LogP contribution is -1.95. The van der Waals surface area contributed by atoms with E-state index in [9.17, 15) is 0 Å². The molecule has 0 aliphatic carbocycles. The molecule has 0 saturated carbocycles. The lowest BCUT2D eigenvalue weighted by Gasteiger charge is -2.00. The van der Waals surface area contributed by atoms with Gasteiger partial charge in [-0.25, -0.2) is 4.68 Å². The summed E-state index contributed by atoms with van der Waals surface area (Å²) in [6.45, 7) is 0. The minimum absolute atomic E-state index is 0.569. The maximum absolute atomic E-state index is 8.65. The monoisotopic (exact) mass is 199 g/mol. The maximum Gasteiger partial charge on any atom is 0.232 e. The number of nitrogens with zero attached hydrogens (tertiary/aromatic N) is 3. The fraction of sp³-hybridized carbons (Fsp3) is 0.0909. The van der Waals surface area contributed by atoms with E-state index in [4.69, 9.17) is 10.00 Å². The molecule has 0 amide bonds. The standard InChI is InChI=1S/C11H9N3O/c1-15-11-6-7-14(13-11)10-4-2-9(8-12)3-5-10/h2-7H,1H3. The van der Waals surface area contributed by atoms with Crippen molar-refractivity contribution in [2.75, 3.05) is 7.11 Å². The summed E-state index contributed by atoms with van der Waals surface area (Å²) in [5.41, 5.74) is 1.54. The van der Waals surface area contributed by atoms with E-state index in [-0.39, 0.29) is 0 Å². The Hall–Kier alpha value is -2.28. The van der Waals surface area contributed by atoms with Crippen LogP contribution in [0.2, 0.25) is 0 Å². The van der Waals surface area contributed by atoms with E-state index in [0.717, 1.165) is 5.69 Å². The van der Waals surface area contributed by atoms with Crippen LogP contribution in [0.5, 0.6) is 5.88 Å². The summed E-state index contributed by atoms with van der Waals surface area (Å²) in [6.07, 6.45) is 1.81. The van der Waals surface area contributed by atoms with Crippen molar-refractivity contribution in [3.8, 4) is 17.6 Å². The number of methoxy groups -OCH3 is 1. The molecule has 74 valence electrons. The van der Waals surface area contributed by atoms with E-state index in [1.165, 1.54) is 0 Å². The lowest BCUT2D eigenvalue weighted by molar-refractivity contribution is 0.394. The van der Waals surface area contributed by atoms with Gasteiger partial charge < -0.3 is 4.74 Å². The first-order chi connectivity index (χ1) is 7.33. The van der Waals surface area contributed by atoms with Crippen molar-refractivity contribution in [2.24, 2.45) is 0 Å². The summed E-state index contributed by atoms with van der Waals surface area (Å²) in [5.74, 6) is 0.569. The summed E-state index contributed by atoms with van der Waals surface area (Å²) < 4.78 is 6.67. The van der Waals surface area contributed by atoms with Crippen LogP contribution in [0.25, 0.3) is 5.69 Å². The van der Waals surface area contributed by atoms with Crippen LogP contribution in [-0.2, 0) is 0 Å². The Bertz CT molecular complexity index is 493. The van der Waals surface area contributed by atoms with Crippen molar-refractivity contribution in [1.82, 2.24) is 9.78 Å². The molecule has 2 rings (SSSR count). The van der Waals surface area contributed by atoms with E-state index in [1.807, 2.05) is 12.1 Å². The molecule has 0 unspecified atom stereocenters. The third-order valence-electron chi connectivity index (χ3n) is 2.03. The molecule has 0 bridgehead atoms. The number of nitriles is 1. The molecule has 2 aromatic rings. The molecule has 4 nitrogen and oxygen atoms in total. The fourth-order valence-corrected chi connectivity index (χ4v) is 1.25. The zero-order chi connectivity index (χ0) is 10.7. The third-order valence-corrected chi connectivity index (χ3v) is 2.03. The van der Waals surface area contributed by atoms with Gasteiger partial charge in [0.05, 0.1) is 24.4 Å². The van der Waals surface area contributed by atoms with E-state index < -0.39 is 0 Å². The van der Waals surface area contributed by atoms with Crippen LogP contribution in [0.15, 0.2) is 36.5 Å². The highest BCUT2D eigenvalue weighted by Crippen LogP contribution is 2.12. The summed E-state index contributed by atoms with van der Waals surface area (Å²) in [7, 11) is 1.57. The Labute approximate surface area is 87.3 Å². The molecular weight excluding hydrogens is 190 g/mol. The average molecular weight is 199 g/mol. The van der Waals surface area contributed by atoms with Gasteiger partial charge in [0.25, 0.3) is 0 Å². The molecule has 0 saturated heterocycles. The minimum atomic E-state index is 0.569. The van der Waals surface area contributed by atoms with Gasteiger partial charge in [-0.05, 0) is 24.3 Å². The quantitative estimate of drug-likeness (QED) is 0.740. The molecule has 4 heteroatoms. The molecule has 0 N–H and O–H groups in total. The Morgan fingerprint density at radius 3 is 2.53 bits per heavy atom. The molecule has 0 atom stereocenters. The SMILES string of the molecule is COc1ccn(-c2ccc(C#N)cc2)n1. The van der Waals surface area contributed by atoms with Crippen LogP contribution >= 0.6 is 0 Å². The van der Waals surface area contributed by atoms with Gasteiger partial charge in [0, 0.05) is 12.3 Å². The van der Waals surface area contributed by atoms with Crippen molar-refractivity contribution in [3.05, 3.63) is 42.1 Å². The Morgan fingerprint density at radius 2 is 2.00 bits per heavy atom. The smallest absolute Gasteiger partial charge is 0.232 e. The molecule has 1 aromatic heterocycles. The zero-order valence-electron chi connectivity index (χ0n) is 8.21. The number of aromatic nitrogens is 2. The number of hydrogen-bond acceptors (Lipinski definition) is 3. The molecule has 0 fully saturated rings. The van der Waals surface area contributed by atoms with Crippen LogP contribution in [-0.4, -0.2) is 16.9 Å². The third kappa shape index (κ3) is 1.81. The van der Waals surface area contributed by atoms with E-state index >= 15 is 0 Å². The molecule has 15 heavy (non-hydrogen) atoms. The van der Waals surface area contributed by atoms with Gasteiger partial charge >= 0.3 is 0 Å². The summed E-state index contributed by atoms with van der Waals surface area (Å²) in [6, 6.07) is 11.0. The molecule has 1 aromatic carbocycles.